The van der Waals surface area contributed by atoms with E-state index in [4.69, 9.17) is 21.4 Å². The third-order valence-electron chi connectivity index (χ3n) is 4.15. The second kappa shape index (κ2) is 7.66. The van der Waals surface area contributed by atoms with Crippen LogP contribution in [0.15, 0.2) is 18.2 Å². The molecule has 0 radical (unpaired) electrons. The first-order valence-corrected chi connectivity index (χ1v) is 7.73. The summed E-state index contributed by atoms with van der Waals surface area (Å²) in [5.74, 6) is 0.666. The lowest BCUT2D eigenvalue weighted by atomic mass is 9.92. The number of nitrogens with zero attached hydrogens (tertiary/aromatic N) is 1. The van der Waals surface area contributed by atoms with Crippen LogP contribution in [-0.4, -0.2) is 36.2 Å². The zero-order valence-corrected chi connectivity index (χ0v) is 13.1. The molecule has 4 nitrogen and oxygen atoms in total. The van der Waals surface area contributed by atoms with Gasteiger partial charge in [-0.15, -0.1) is 0 Å². The molecule has 0 unspecified atom stereocenters. The van der Waals surface area contributed by atoms with Crippen molar-refractivity contribution in [3.8, 4) is 5.75 Å². The maximum atomic E-state index is 10.6. The minimum atomic E-state index is -0.696. The number of carboxylic acids is 1. The van der Waals surface area contributed by atoms with Crippen LogP contribution in [0.2, 0.25) is 5.02 Å². The van der Waals surface area contributed by atoms with Crippen LogP contribution in [0.3, 0.4) is 0 Å². The summed E-state index contributed by atoms with van der Waals surface area (Å²) in [7, 11) is 1.66. The number of ether oxygens (including phenoxy) is 1. The van der Waals surface area contributed by atoms with Gasteiger partial charge in [-0.05, 0) is 50.4 Å². The number of rotatable bonds is 6. The Hall–Kier alpha value is -1.26. The molecule has 0 amide bonds. The quantitative estimate of drug-likeness (QED) is 0.874. The number of aliphatic carboxylic acids is 1. The van der Waals surface area contributed by atoms with Gasteiger partial charge in [0, 0.05) is 23.6 Å². The maximum Gasteiger partial charge on any atom is 0.303 e. The average molecular weight is 312 g/mol. The topological polar surface area (TPSA) is 49.8 Å². The second-order valence-electron chi connectivity index (χ2n) is 5.57. The number of methoxy groups -OCH3 is 1. The molecule has 0 atom stereocenters. The Balaban J connectivity index is 1.88. The van der Waals surface area contributed by atoms with Gasteiger partial charge in [-0.25, -0.2) is 0 Å². The van der Waals surface area contributed by atoms with Gasteiger partial charge < -0.3 is 9.84 Å². The molecule has 0 aliphatic carbocycles. The largest absolute Gasteiger partial charge is 0.496 e. The number of benzene rings is 1. The van der Waals surface area contributed by atoms with Crippen LogP contribution in [-0.2, 0) is 11.3 Å². The Morgan fingerprint density at radius 1 is 1.43 bits per heavy atom. The molecule has 1 aliphatic heterocycles. The van der Waals surface area contributed by atoms with E-state index < -0.39 is 5.97 Å². The summed E-state index contributed by atoms with van der Waals surface area (Å²) in [4.78, 5) is 13.0. The van der Waals surface area contributed by atoms with Crippen LogP contribution < -0.4 is 4.74 Å². The van der Waals surface area contributed by atoms with E-state index in [1.807, 2.05) is 18.2 Å². The van der Waals surface area contributed by atoms with E-state index in [9.17, 15) is 4.79 Å². The monoisotopic (exact) mass is 311 g/mol. The van der Waals surface area contributed by atoms with Crippen molar-refractivity contribution in [2.45, 2.75) is 32.2 Å². The predicted octanol–water partition coefficient (Wildman–Crippen LogP) is 3.43. The summed E-state index contributed by atoms with van der Waals surface area (Å²) in [5.41, 5.74) is 1.03. The van der Waals surface area contributed by atoms with Gasteiger partial charge in [0.05, 0.1) is 7.11 Å². The molecule has 1 N–H and O–H groups in total. The van der Waals surface area contributed by atoms with E-state index >= 15 is 0 Å². The number of carboxylic acid groups (broad SMARTS) is 1. The van der Waals surface area contributed by atoms with Gasteiger partial charge in [-0.1, -0.05) is 17.7 Å². The van der Waals surface area contributed by atoms with Gasteiger partial charge in [0.1, 0.15) is 5.75 Å². The SMILES string of the molecule is COc1cccc(Cl)c1CN1CCC(CCC(=O)O)CC1. The van der Waals surface area contributed by atoms with E-state index in [-0.39, 0.29) is 6.42 Å². The van der Waals surface area contributed by atoms with Crippen molar-refractivity contribution in [3.05, 3.63) is 28.8 Å². The van der Waals surface area contributed by atoms with Crippen LogP contribution in [0.5, 0.6) is 5.75 Å². The van der Waals surface area contributed by atoms with Gasteiger partial charge in [0.2, 0.25) is 0 Å². The normalized spacial score (nSPS) is 16.9. The lowest BCUT2D eigenvalue weighted by molar-refractivity contribution is -0.137. The van der Waals surface area contributed by atoms with E-state index in [0.29, 0.717) is 5.92 Å². The number of hydrogen-bond donors (Lipinski definition) is 1. The number of carbonyl (C=O) groups is 1. The molecule has 1 heterocycles. The highest BCUT2D eigenvalue weighted by molar-refractivity contribution is 6.31. The molecule has 0 spiro atoms. The average Bonchev–Trinajstić information content (AvgIpc) is 2.48. The number of hydrogen-bond acceptors (Lipinski definition) is 3. The van der Waals surface area contributed by atoms with Crippen molar-refractivity contribution in [2.24, 2.45) is 5.92 Å². The fourth-order valence-corrected chi connectivity index (χ4v) is 3.09. The molecular weight excluding hydrogens is 290 g/mol. The van der Waals surface area contributed by atoms with Crippen LogP contribution in [0.25, 0.3) is 0 Å². The molecule has 1 aromatic carbocycles. The van der Waals surface area contributed by atoms with E-state index in [2.05, 4.69) is 4.90 Å². The third-order valence-corrected chi connectivity index (χ3v) is 4.51. The van der Waals surface area contributed by atoms with Crippen LogP contribution in [0.4, 0.5) is 0 Å². The summed E-state index contributed by atoms with van der Waals surface area (Å²) in [6, 6.07) is 5.71. The van der Waals surface area contributed by atoms with Crippen molar-refractivity contribution >= 4 is 17.6 Å². The number of halogens is 1. The highest BCUT2D eigenvalue weighted by atomic mass is 35.5. The Morgan fingerprint density at radius 3 is 2.76 bits per heavy atom. The zero-order valence-electron chi connectivity index (χ0n) is 12.3. The molecule has 0 saturated carbocycles. The summed E-state index contributed by atoms with van der Waals surface area (Å²) in [6.07, 6.45) is 3.18. The molecule has 0 bridgehead atoms. The molecule has 2 rings (SSSR count). The van der Waals surface area contributed by atoms with Gasteiger partial charge in [-0.2, -0.15) is 0 Å². The maximum absolute atomic E-state index is 10.6. The summed E-state index contributed by atoms with van der Waals surface area (Å²) in [6.45, 7) is 2.76. The van der Waals surface area contributed by atoms with Gasteiger partial charge in [0.15, 0.2) is 0 Å². The van der Waals surface area contributed by atoms with Gasteiger partial charge >= 0.3 is 5.97 Å². The van der Waals surface area contributed by atoms with Crippen molar-refractivity contribution < 1.29 is 14.6 Å². The Kier molecular flexibility index (Phi) is 5.88. The highest BCUT2D eigenvalue weighted by Gasteiger charge is 2.21. The van der Waals surface area contributed by atoms with Crippen LogP contribution in [0.1, 0.15) is 31.2 Å². The fourth-order valence-electron chi connectivity index (χ4n) is 2.87. The first-order valence-electron chi connectivity index (χ1n) is 7.35. The Morgan fingerprint density at radius 2 is 2.14 bits per heavy atom. The molecule has 1 aliphatic rings. The number of likely N-dealkylation sites (tertiary alicyclic amines) is 1. The molecule has 0 aromatic heterocycles. The van der Waals surface area contributed by atoms with E-state index in [1.54, 1.807) is 7.11 Å². The summed E-state index contributed by atoms with van der Waals surface area (Å²) >= 11 is 6.27. The lowest BCUT2D eigenvalue weighted by Gasteiger charge is -2.32. The molecule has 116 valence electrons. The standard InChI is InChI=1S/C16H22ClNO3/c1-21-15-4-2-3-14(17)13(15)11-18-9-7-12(8-10-18)5-6-16(19)20/h2-4,12H,5-11H2,1H3,(H,19,20). The molecule has 1 aromatic rings. The Labute approximate surface area is 130 Å². The Bertz CT molecular complexity index is 484. The summed E-state index contributed by atoms with van der Waals surface area (Å²) in [5, 5.41) is 9.48. The zero-order chi connectivity index (χ0) is 15.2. The minimum Gasteiger partial charge on any atom is -0.496 e. The first-order chi connectivity index (χ1) is 10.1. The van der Waals surface area contributed by atoms with Crippen molar-refractivity contribution in [3.63, 3.8) is 0 Å². The van der Waals surface area contributed by atoms with Crippen LogP contribution in [0, 0.1) is 5.92 Å². The van der Waals surface area contributed by atoms with Gasteiger partial charge in [-0.3, -0.25) is 9.69 Å². The molecule has 1 saturated heterocycles. The highest BCUT2D eigenvalue weighted by Crippen LogP contribution is 2.30. The third kappa shape index (κ3) is 4.61. The van der Waals surface area contributed by atoms with Crippen LogP contribution >= 0.6 is 11.6 Å². The fraction of sp³-hybridized carbons (Fsp3) is 0.562. The first kappa shape index (κ1) is 16.1. The summed E-state index contributed by atoms with van der Waals surface area (Å²) < 4.78 is 5.38. The minimum absolute atomic E-state index is 0.281. The number of piperidine rings is 1. The van der Waals surface area contributed by atoms with Crippen molar-refractivity contribution in [1.29, 1.82) is 0 Å². The van der Waals surface area contributed by atoms with Crippen molar-refractivity contribution in [2.75, 3.05) is 20.2 Å². The van der Waals surface area contributed by atoms with Gasteiger partial charge in [0.25, 0.3) is 0 Å². The molecular formula is C16H22ClNO3. The predicted molar refractivity (Wildman–Crippen MR) is 82.9 cm³/mol. The smallest absolute Gasteiger partial charge is 0.303 e. The second-order valence-corrected chi connectivity index (χ2v) is 5.98. The molecule has 1 fully saturated rings. The van der Waals surface area contributed by atoms with Crippen molar-refractivity contribution in [1.82, 2.24) is 4.90 Å². The lowest BCUT2D eigenvalue weighted by Crippen LogP contribution is -2.33. The van der Waals surface area contributed by atoms with E-state index in [0.717, 1.165) is 55.2 Å². The van der Waals surface area contributed by atoms with E-state index in [1.165, 1.54) is 0 Å². The molecule has 21 heavy (non-hydrogen) atoms. The molecule has 5 heteroatoms.